The number of ether oxygens (including phenoxy) is 2. The van der Waals surface area contributed by atoms with Gasteiger partial charge in [-0.25, -0.2) is 4.68 Å². The van der Waals surface area contributed by atoms with Gasteiger partial charge in [0.05, 0.1) is 42.7 Å². The Balaban J connectivity index is 1.46. The fraction of sp³-hybridized carbons (Fsp3) is 0.567. The largest absolute Gasteiger partial charge is 0.465 e. The Kier molecular flexibility index (Phi) is 8.55. The molecule has 2 unspecified atom stereocenters. The fourth-order valence-electron chi connectivity index (χ4n) is 6.83. The van der Waals surface area contributed by atoms with E-state index < -0.39 is 41.6 Å². The third-order valence-electron chi connectivity index (χ3n) is 8.75. The van der Waals surface area contributed by atoms with Crippen LogP contribution in [0.3, 0.4) is 0 Å². The number of para-hydroxylation sites is 1. The molecule has 41 heavy (non-hydrogen) atoms. The Morgan fingerprint density at radius 2 is 2.10 bits per heavy atom. The number of hydrogen-bond acceptors (Lipinski definition) is 8. The van der Waals surface area contributed by atoms with Crippen molar-refractivity contribution >= 4 is 28.8 Å². The summed E-state index contributed by atoms with van der Waals surface area (Å²) in [7, 11) is 0. The Hall–Kier alpha value is -3.57. The van der Waals surface area contributed by atoms with Crippen LogP contribution in [0.1, 0.15) is 45.4 Å². The van der Waals surface area contributed by atoms with Gasteiger partial charge in [0, 0.05) is 6.54 Å². The van der Waals surface area contributed by atoms with Gasteiger partial charge in [-0.3, -0.25) is 14.4 Å². The molecule has 3 fully saturated rings. The highest BCUT2D eigenvalue weighted by Gasteiger charge is 2.75. The molecule has 2 bridgehead atoms. The van der Waals surface area contributed by atoms with Crippen molar-refractivity contribution in [3.63, 3.8) is 0 Å². The van der Waals surface area contributed by atoms with Gasteiger partial charge in [-0.1, -0.05) is 36.4 Å². The number of unbranched alkanes of at least 4 members (excludes halogenated alkanes) is 2. The molecule has 0 radical (unpaired) electrons. The van der Waals surface area contributed by atoms with Crippen LogP contribution in [0.15, 0.2) is 49.6 Å². The van der Waals surface area contributed by atoms with E-state index in [1.807, 2.05) is 37.3 Å². The summed E-state index contributed by atoms with van der Waals surface area (Å²) in [5.74, 6) is -2.79. The van der Waals surface area contributed by atoms with E-state index in [1.165, 1.54) is 4.90 Å². The number of fused-ring (bicyclic) bond motifs is 2. The van der Waals surface area contributed by atoms with Gasteiger partial charge in [-0.15, -0.1) is 18.3 Å². The molecule has 11 heteroatoms. The first-order valence-corrected chi connectivity index (χ1v) is 14.5. The van der Waals surface area contributed by atoms with Crippen LogP contribution in [0, 0.1) is 11.8 Å². The van der Waals surface area contributed by atoms with Crippen molar-refractivity contribution in [2.24, 2.45) is 11.8 Å². The van der Waals surface area contributed by atoms with Crippen molar-refractivity contribution in [3.05, 3.63) is 49.6 Å². The van der Waals surface area contributed by atoms with E-state index in [1.54, 1.807) is 15.7 Å². The first-order valence-electron chi connectivity index (χ1n) is 14.5. The summed E-state index contributed by atoms with van der Waals surface area (Å²) in [6, 6.07) is 5.84. The van der Waals surface area contributed by atoms with Crippen molar-refractivity contribution in [3.8, 4) is 0 Å². The number of aromatic nitrogens is 3. The SMILES string of the molecule is C=CCCCCOC(=O)[C@@H]1[C@@H]2CCC3(O2)C(C(=O)N(CC=C)Cn2nnc4ccccc42)N([C@@H](CC)CO)C(=O)[C@H]13. The molecule has 1 aromatic carbocycles. The molecule has 2 amide bonds. The highest BCUT2D eigenvalue weighted by molar-refractivity contribution is 5.98. The maximum atomic E-state index is 14.5. The van der Waals surface area contributed by atoms with Crippen molar-refractivity contribution in [1.29, 1.82) is 0 Å². The van der Waals surface area contributed by atoms with E-state index in [2.05, 4.69) is 23.5 Å². The molecule has 11 nitrogen and oxygen atoms in total. The number of allylic oxidation sites excluding steroid dienone is 1. The molecule has 1 spiro atoms. The highest BCUT2D eigenvalue weighted by Crippen LogP contribution is 2.59. The number of carbonyl (C=O) groups excluding carboxylic acids is 3. The fourth-order valence-corrected chi connectivity index (χ4v) is 6.83. The molecule has 1 N–H and O–H groups in total. The zero-order chi connectivity index (χ0) is 29.1. The minimum atomic E-state index is -1.18. The standard InChI is InChI=1S/C30H39N5O6/c1-4-7-8-11-17-40-29(39)24-23-14-15-30(41-23)25(24)27(37)35(20(6-3)18-36)26(30)28(38)33(16-5-2)19-34-22-13-10-9-12-21(22)31-32-34/h4-5,9-10,12-13,20,23-26,36H,1-2,6-8,11,14-19H2,3H3/t20-,23-,24+,25-,26?,30?/m0/s1. The summed E-state index contributed by atoms with van der Waals surface area (Å²) in [4.78, 5) is 45.0. The number of esters is 1. The number of likely N-dealkylation sites (tertiary alicyclic amines) is 1. The number of rotatable bonds is 14. The zero-order valence-electron chi connectivity index (χ0n) is 23.6. The quantitative estimate of drug-likeness (QED) is 0.210. The number of benzene rings is 1. The van der Waals surface area contributed by atoms with Gasteiger partial charge >= 0.3 is 5.97 Å². The second kappa shape index (κ2) is 12.1. The van der Waals surface area contributed by atoms with Gasteiger partial charge in [0.25, 0.3) is 0 Å². The monoisotopic (exact) mass is 565 g/mol. The first-order chi connectivity index (χ1) is 19.9. The molecule has 4 heterocycles. The van der Waals surface area contributed by atoms with E-state index >= 15 is 0 Å². The summed E-state index contributed by atoms with van der Waals surface area (Å²) in [6.45, 7) is 9.63. The highest BCUT2D eigenvalue weighted by atomic mass is 16.6. The van der Waals surface area contributed by atoms with E-state index in [-0.39, 0.29) is 38.2 Å². The number of amides is 2. The number of aliphatic hydroxyl groups excluding tert-OH is 1. The molecule has 3 aliphatic heterocycles. The van der Waals surface area contributed by atoms with Crippen LogP contribution >= 0.6 is 0 Å². The van der Waals surface area contributed by atoms with E-state index in [9.17, 15) is 19.5 Å². The van der Waals surface area contributed by atoms with E-state index in [0.29, 0.717) is 31.2 Å². The maximum Gasteiger partial charge on any atom is 0.312 e. The number of hydrogen-bond donors (Lipinski definition) is 1. The molecular weight excluding hydrogens is 526 g/mol. The Morgan fingerprint density at radius 1 is 1.29 bits per heavy atom. The van der Waals surface area contributed by atoms with Crippen LogP contribution in [0.5, 0.6) is 0 Å². The summed E-state index contributed by atoms with van der Waals surface area (Å²) >= 11 is 0. The van der Waals surface area contributed by atoms with E-state index in [0.717, 1.165) is 18.4 Å². The van der Waals surface area contributed by atoms with Crippen molar-refractivity contribution < 1.29 is 29.0 Å². The molecule has 220 valence electrons. The minimum absolute atomic E-state index is 0.0835. The lowest BCUT2D eigenvalue weighted by Gasteiger charge is -2.39. The van der Waals surface area contributed by atoms with Crippen molar-refractivity contribution in [2.45, 2.75) is 75.9 Å². The molecule has 0 aliphatic carbocycles. The van der Waals surface area contributed by atoms with Crippen molar-refractivity contribution in [1.82, 2.24) is 24.8 Å². The Labute approximate surface area is 239 Å². The smallest absolute Gasteiger partial charge is 0.312 e. The third-order valence-corrected chi connectivity index (χ3v) is 8.75. The zero-order valence-corrected chi connectivity index (χ0v) is 23.6. The van der Waals surface area contributed by atoms with Gasteiger partial charge in [-0.2, -0.15) is 0 Å². The lowest BCUT2D eigenvalue weighted by atomic mass is 9.70. The van der Waals surface area contributed by atoms with Gasteiger partial charge < -0.3 is 24.4 Å². The van der Waals surface area contributed by atoms with Gasteiger partial charge in [0.2, 0.25) is 11.8 Å². The molecule has 1 aromatic heterocycles. The molecule has 6 atom stereocenters. The average molecular weight is 566 g/mol. The van der Waals surface area contributed by atoms with Crippen LogP contribution in [0.25, 0.3) is 11.0 Å². The number of aliphatic hydroxyl groups is 1. The van der Waals surface area contributed by atoms with Gasteiger partial charge in [0.15, 0.2) is 0 Å². The minimum Gasteiger partial charge on any atom is -0.465 e. The second-order valence-electron chi connectivity index (χ2n) is 11.1. The molecule has 2 aromatic rings. The number of carbonyl (C=O) groups is 3. The van der Waals surface area contributed by atoms with Crippen LogP contribution in [-0.4, -0.2) is 91.2 Å². The topological polar surface area (TPSA) is 127 Å². The van der Waals surface area contributed by atoms with Crippen LogP contribution < -0.4 is 0 Å². The molecule has 0 saturated carbocycles. The molecular formula is C30H39N5O6. The molecule has 5 rings (SSSR count). The maximum absolute atomic E-state index is 14.5. The molecule has 3 aliphatic rings. The van der Waals surface area contributed by atoms with Crippen LogP contribution in [0.2, 0.25) is 0 Å². The normalized spacial score (nSPS) is 27.2. The van der Waals surface area contributed by atoms with Gasteiger partial charge in [0.1, 0.15) is 23.8 Å². The summed E-state index contributed by atoms with van der Waals surface area (Å²) in [6.07, 6.45) is 6.77. The van der Waals surface area contributed by atoms with Crippen molar-refractivity contribution in [2.75, 3.05) is 19.8 Å². The Bertz CT molecular complexity index is 1310. The second-order valence-corrected chi connectivity index (χ2v) is 11.1. The van der Waals surface area contributed by atoms with Crippen LogP contribution in [-0.2, 0) is 30.5 Å². The first kappa shape index (κ1) is 28.9. The van der Waals surface area contributed by atoms with Gasteiger partial charge in [-0.05, 0) is 50.7 Å². The van der Waals surface area contributed by atoms with Crippen LogP contribution in [0.4, 0.5) is 0 Å². The predicted molar refractivity (Wildman–Crippen MR) is 150 cm³/mol. The predicted octanol–water partition coefficient (Wildman–Crippen LogP) is 2.45. The summed E-state index contributed by atoms with van der Waals surface area (Å²) < 4.78 is 13.8. The lowest BCUT2D eigenvalue weighted by molar-refractivity contribution is -0.157. The summed E-state index contributed by atoms with van der Waals surface area (Å²) in [5.41, 5.74) is 0.280. The molecule has 3 saturated heterocycles. The number of nitrogens with zero attached hydrogens (tertiary/aromatic N) is 5. The Morgan fingerprint density at radius 3 is 2.83 bits per heavy atom. The average Bonchev–Trinajstić information content (AvgIpc) is 3.73. The lowest BCUT2D eigenvalue weighted by Crippen LogP contribution is -2.58. The third kappa shape index (κ3) is 4.95. The van der Waals surface area contributed by atoms with E-state index in [4.69, 9.17) is 9.47 Å². The summed E-state index contributed by atoms with van der Waals surface area (Å²) in [5, 5.41) is 18.7.